The van der Waals surface area contributed by atoms with Crippen molar-refractivity contribution >= 4 is 28.3 Å². The maximum atomic E-state index is 11.9. The van der Waals surface area contributed by atoms with E-state index in [4.69, 9.17) is 0 Å². The molecule has 0 bridgehead atoms. The minimum absolute atomic E-state index is 0.125. The van der Waals surface area contributed by atoms with Gasteiger partial charge in [-0.2, -0.15) is 0 Å². The minimum Gasteiger partial charge on any atom is -0.360 e. The largest absolute Gasteiger partial charge is 0.360 e. The lowest BCUT2D eigenvalue weighted by atomic mass is 9.92. The van der Waals surface area contributed by atoms with Gasteiger partial charge >= 0.3 is 0 Å². The predicted octanol–water partition coefficient (Wildman–Crippen LogP) is 0.862. The second-order valence-corrected chi connectivity index (χ2v) is 5.96. The van der Waals surface area contributed by atoms with Crippen LogP contribution in [0.25, 0.3) is 0 Å². The van der Waals surface area contributed by atoms with Crippen molar-refractivity contribution in [3.63, 3.8) is 0 Å². The van der Waals surface area contributed by atoms with Crippen molar-refractivity contribution < 1.29 is 9.59 Å². The number of nitrogens with one attached hydrogen (secondary N) is 3. The summed E-state index contributed by atoms with van der Waals surface area (Å²) in [6.07, 6.45) is 0.974. The molecule has 0 radical (unpaired) electrons. The summed E-state index contributed by atoms with van der Waals surface area (Å²) >= 11 is 1.20. The molecule has 1 rings (SSSR count). The molecule has 0 aliphatic rings. The van der Waals surface area contributed by atoms with E-state index < -0.39 is 5.41 Å². The Labute approximate surface area is 122 Å². The average Bonchev–Trinajstić information content (AvgIpc) is 2.90. The van der Waals surface area contributed by atoms with Gasteiger partial charge in [0, 0.05) is 20.1 Å². The summed E-state index contributed by atoms with van der Waals surface area (Å²) in [4.78, 5) is 23.5. The molecule has 1 heterocycles. The highest BCUT2D eigenvalue weighted by molar-refractivity contribution is 7.17. The fourth-order valence-electron chi connectivity index (χ4n) is 1.41. The quantitative estimate of drug-likeness (QED) is 0.694. The molecular formula is C12H21N5O2S. The Morgan fingerprint density at radius 1 is 1.30 bits per heavy atom. The molecular weight excluding hydrogens is 278 g/mol. The molecule has 8 heteroatoms. The maximum Gasteiger partial charge on any atom is 0.282 e. The van der Waals surface area contributed by atoms with Crippen molar-refractivity contribution in [3.05, 3.63) is 5.01 Å². The van der Waals surface area contributed by atoms with Crippen molar-refractivity contribution in [1.82, 2.24) is 20.8 Å². The number of aromatic nitrogens is 2. The second kappa shape index (κ2) is 7.18. The number of rotatable bonds is 7. The van der Waals surface area contributed by atoms with Gasteiger partial charge in [-0.3, -0.25) is 9.59 Å². The Morgan fingerprint density at radius 2 is 2.00 bits per heavy atom. The van der Waals surface area contributed by atoms with Gasteiger partial charge in [-0.05, 0) is 20.3 Å². The van der Waals surface area contributed by atoms with Crippen LogP contribution < -0.4 is 16.0 Å². The van der Waals surface area contributed by atoms with Crippen molar-refractivity contribution in [2.24, 2.45) is 5.41 Å². The highest BCUT2D eigenvalue weighted by atomic mass is 32.1. The Bertz CT molecular complexity index is 472. The average molecular weight is 299 g/mol. The normalized spacial score (nSPS) is 11.0. The predicted molar refractivity (Wildman–Crippen MR) is 78.9 cm³/mol. The van der Waals surface area contributed by atoms with Gasteiger partial charge in [-0.25, -0.2) is 0 Å². The Hall–Kier alpha value is -1.70. The van der Waals surface area contributed by atoms with Crippen LogP contribution in [-0.2, 0) is 4.79 Å². The monoisotopic (exact) mass is 299 g/mol. The number of hydrogen-bond acceptors (Lipinski definition) is 6. The first-order chi connectivity index (χ1) is 9.40. The topological polar surface area (TPSA) is 96.0 Å². The van der Waals surface area contributed by atoms with Crippen molar-refractivity contribution in [2.45, 2.75) is 27.2 Å². The van der Waals surface area contributed by atoms with Gasteiger partial charge in [0.05, 0.1) is 5.41 Å². The van der Waals surface area contributed by atoms with E-state index in [9.17, 15) is 9.59 Å². The zero-order chi connectivity index (χ0) is 15.2. The molecule has 0 unspecified atom stereocenters. The highest BCUT2D eigenvalue weighted by Crippen LogP contribution is 2.16. The molecule has 0 aliphatic heterocycles. The molecule has 1 aromatic heterocycles. The molecule has 0 saturated heterocycles. The van der Waals surface area contributed by atoms with Crippen LogP contribution in [-0.4, -0.2) is 42.1 Å². The molecule has 0 spiro atoms. The van der Waals surface area contributed by atoms with Crippen LogP contribution in [0.5, 0.6) is 0 Å². The minimum atomic E-state index is -0.668. The zero-order valence-corrected chi connectivity index (χ0v) is 13.1. The zero-order valence-electron chi connectivity index (χ0n) is 12.2. The molecule has 20 heavy (non-hydrogen) atoms. The number of carbonyl (C=O) groups excluding carboxylic acids is 2. The van der Waals surface area contributed by atoms with Crippen LogP contribution in [0.1, 0.15) is 37.0 Å². The summed E-state index contributed by atoms with van der Waals surface area (Å²) in [6.45, 7) is 6.60. The van der Waals surface area contributed by atoms with Crippen molar-refractivity contribution in [3.8, 4) is 0 Å². The lowest BCUT2D eigenvalue weighted by molar-refractivity contribution is -0.128. The Kier molecular flexibility index (Phi) is 5.87. The number of hydrogen-bond donors (Lipinski definition) is 3. The van der Waals surface area contributed by atoms with Crippen molar-refractivity contribution in [1.29, 1.82) is 0 Å². The van der Waals surface area contributed by atoms with E-state index in [1.54, 1.807) is 20.9 Å². The molecule has 3 N–H and O–H groups in total. The summed E-state index contributed by atoms with van der Waals surface area (Å²) in [5, 5.41) is 17.0. The first kappa shape index (κ1) is 16.4. The summed E-state index contributed by atoms with van der Waals surface area (Å²) in [6, 6.07) is 0. The lowest BCUT2D eigenvalue weighted by Crippen LogP contribution is -2.43. The smallest absolute Gasteiger partial charge is 0.282 e. The van der Waals surface area contributed by atoms with Gasteiger partial charge in [-0.15, -0.1) is 10.2 Å². The van der Waals surface area contributed by atoms with Crippen LogP contribution in [0.2, 0.25) is 0 Å². The SMILES string of the molecule is CCCNc1nnc(C(=O)NCC(C)(C)C(=O)NC)s1. The Balaban J connectivity index is 2.54. The number of carbonyl (C=O) groups is 2. The fraction of sp³-hybridized carbons (Fsp3) is 0.667. The van der Waals surface area contributed by atoms with Crippen LogP contribution in [0.3, 0.4) is 0 Å². The number of amides is 2. The first-order valence-electron chi connectivity index (χ1n) is 6.48. The molecule has 1 aromatic rings. The maximum absolute atomic E-state index is 11.9. The van der Waals surface area contributed by atoms with Gasteiger partial charge in [-0.1, -0.05) is 18.3 Å². The molecule has 0 saturated carbocycles. The second-order valence-electron chi connectivity index (χ2n) is 4.98. The van der Waals surface area contributed by atoms with E-state index >= 15 is 0 Å². The van der Waals surface area contributed by atoms with E-state index in [-0.39, 0.29) is 23.4 Å². The fourth-order valence-corrected chi connectivity index (χ4v) is 2.10. The summed E-state index contributed by atoms with van der Waals surface area (Å²) < 4.78 is 0. The number of nitrogens with zero attached hydrogens (tertiary/aromatic N) is 2. The van der Waals surface area contributed by atoms with Gasteiger partial charge in [0.15, 0.2) is 0 Å². The van der Waals surface area contributed by atoms with Crippen LogP contribution in [0.15, 0.2) is 0 Å². The standard InChI is InChI=1S/C12H21N5O2S/c1-5-6-14-11-17-16-9(20-11)8(18)15-7-12(2,3)10(19)13-4/h5-7H2,1-4H3,(H,13,19)(H,14,17)(H,15,18). The molecule has 0 fully saturated rings. The molecule has 7 nitrogen and oxygen atoms in total. The van der Waals surface area contributed by atoms with E-state index in [1.165, 1.54) is 11.3 Å². The Morgan fingerprint density at radius 3 is 2.60 bits per heavy atom. The van der Waals surface area contributed by atoms with E-state index in [2.05, 4.69) is 26.1 Å². The van der Waals surface area contributed by atoms with E-state index in [0.717, 1.165) is 13.0 Å². The molecule has 112 valence electrons. The van der Waals surface area contributed by atoms with Crippen LogP contribution in [0.4, 0.5) is 5.13 Å². The van der Waals surface area contributed by atoms with Crippen LogP contribution >= 0.6 is 11.3 Å². The van der Waals surface area contributed by atoms with Gasteiger partial charge in [0.1, 0.15) is 0 Å². The van der Waals surface area contributed by atoms with Crippen molar-refractivity contribution in [2.75, 3.05) is 25.5 Å². The first-order valence-corrected chi connectivity index (χ1v) is 7.30. The highest BCUT2D eigenvalue weighted by Gasteiger charge is 2.27. The number of anilines is 1. The third-order valence-electron chi connectivity index (χ3n) is 2.68. The van der Waals surface area contributed by atoms with Crippen LogP contribution in [0, 0.1) is 5.41 Å². The molecule has 0 atom stereocenters. The molecule has 2 amide bonds. The van der Waals surface area contributed by atoms with Gasteiger partial charge in [0.2, 0.25) is 16.0 Å². The third-order valence-corrected chi connectivity index (χ3v) is 3.56. The molecule has 0 aromatic carbocycles. The van der Waals surface area contributed by atoms with Gasteiger partial charge in [0.25, 0.3) is 5.91 Å². The van der Waals surface area contributed by atoms with Gasteiger partial charge < -0.3 is 16.0 Å². The van der Waals surface area contributed by atoms with E-state index in [0.29, 0.717) is 5.13 Å². The third kappa shape index (κ3) is 4.44. The van der Waals surface area contributed by atoms with E-state index in [1.807, 2.05) is 6.92 Å². The lowest BCUT2D eigenvalue weighted by Gasteiger charge is -2.22. The summed E-state index contributed by atoms with van der Waals surface area (Å²) in [5.41, 5.74) is -0.668. The summed E-state index contributed by atoms with van der Waals surface area (Å²) in [7, 11) is 1.57. The summed E-state index contributed by atoms with van der Waals surface area (Å²) in [5.74, 6) is -0.440. The molecule has 0 aliphatic carbocycles.